The number of anilines is 2. The highest BCUT2D eigenvalue weighted by atomic mass is 19.1. The van der Waals surface area contributed by atoms with Crippen LogP contribution in [0.15, 0.2) is 54.7 Å². The minimum atomic E-state index is -0.610. The van der Waals surface area contributed by atoms with Crippen LogP contribution >= 0.6 is 0 Å². The van der Waals surface area contributed by atoms with Crippen molar-refractivity contribution in [1.29, 1.82) is 0 Å². The van der Waals surface area contributed by atoms with Crippen LogP contribution < -0.4 is 10.6 Å². The lowest BCUT2D eigenvalue weighted by atomic mass is 10.0. The third-order valence-corrected chi connectivity index (χ3v) is 4.14. The molecule has 0 saturated carbocycles. The Labute approximate surface area is 148 Å². The van der Waals surface area contributed by atoms with E-state index < -0.39 is 11.6 Å². The van der Waals surface area contributed by atoms with E-state index in [2.05, 4.69) is 15.6 Å². The Kier molecular flexibility index (Phi) is 4.01. The van der Waals surface area contributed by atoms with Crippen LogP contribution in [-0.4, -0.2) is 10.9 Å². The van der Waals surface area contributed by atoms with Gasteiger partial charge in [0.1, 0.15) is 11.6 Å². The summed E-state index contributed by atoms with van der Waals surface area (Å²) in [6.45, 7) is 0.268. The molecule has 0 spiro atoms. The summed E-state index contributed by atoms with van der Waals surface area (Å²) < 4.78 is 26.6. The molecule has 0 unspecified atom stereocenters. The maximum absolute atomic E-state index is 13.3. The van der Waals surface area contributed by atoms with Crippen LogP contribution in [0.2, 0.25) is 0 Å². The zero-order valence-electron chi connectivity index (χ0n) is 13.6. The number of rotatable bonds is 4. The quantitative estimate of drug-likeness (QED) is 0.610. The molecule has 1 aromatic heterocycles. The fourth-order valence-corrected chi connectivity index (χ4v) is 2.95. The van der Waals surface area contributed by atoms with E-state index in [9.17, 15) is 13.6 Å². The van der Waals surface area contributed by atoms with Crippen molar-refractivity contribution in [2.24, 2.45) is 0 Å². The molecule has 26 heavy (non-hydrogen) atoms. The number of amides is 1. The third kappa shape index (κ3) is 3.21. The number of aromatic nitrogens is 1. The summed E-state index contributed by atoms with van der Waals surface area (Å²) >= 11 is 0. The van der Waals surface area contributed by atoms with Crippen molar-refractivity contribution < 1.29 is 13.6 Å². The summed E-state index contributed by atoms with van der Waals surface area (Å²) in [6.07, 6.45) is 3.57. The molecule has 2 heterocycles. The molecule has 2 aromatic carbocycles. The Hall–Kier alpha value is -3.41. The van der Waals surface area contributed by atoms with E-state index in [1.165, 1.54) is 12.1 Å². The second-order valence-electron chi connectivity index (χ2n) is 6.03. The van der Waals surface area contributed by atoms with Gasteiger partial charge in [-0.25, -0.2) is 8.78 Å². The Morgan fingerprint density at radius 1 is 1.04 bits per heavy atom. The van der Waals surface area contributed by atoms with Gasteiger partial charge >= 0.3 is 0 Å². The molecule has 1 aliphatic rings. The van der Waals surface area contributed by atoms with E-state index in [-0.39, 0.29) is 12.5 Å². The van der Waals surface area contributed by atoms with E-state index >= 15 is 0 Å². The zero-order chi connectivity index (χ0) is 18.1. The number of hydrogen-bond donors (Lipinski definition) is 3. The SMILES string of the molecule is O=C1Nc2ccc(NCc3cc(F)cc(F)c3)cc2C1=Cc1ccc[nH]1. The van der Waals surface area contributed by atoms with Gasteiger partial charge in [0, 0.05) is 41.4 Å². The average Bonchev–Trinajstić information content (AvgIpc) is 3.21. The van der Waals surface area contributed by atoms with Gasteiger partial charge in [-0.1, -0.05) is 0 Å². The van der Waals surface area contributed by atoms with Gasteiger partial charge in [0.15, 0.2) is 0 Å². The summed E-state index contributed by atoms with van der Waals surface area (Å²) in [5, 5.41) is 5.96. The molecular formula is C20H15F2N3O. The molecule has 3 N–H and O–H groups in total. The number of hydrogen-bond acceptors (Lipinski definition) is 2. The fourth-order valence-electron chi connectivity index (χ4n) is 2.95. The maximum Gasteiger partial charge on any atom is 0.256 e. The van der Waals surface area contributed by atoms with E-state index in [4.69, 9.17) is 0 Å². The molecular weight excluding hydrogens is 336 g/mol. The predicted octanol–water partition coefficient (Wildman–Crippen LogP) is 4.40. The lowest BCUT2D eigenvalue weighted by Crippen LogP contribution is -2.03. The molecule has 0 saturated heterocycles. The molecule has 6 heteroatoms. The summed E-state index contributed by atoms with van der Waals surface area (Å²) in [6, 6.07) is 12.6. The van der Waals surface area contributed by atoms with Crippen molar-refractivity contribution in [3.63, 3.8) is 0 Å². The van der Waals surface area contributed by atoms with E-state index in [1.807, 2.05) is 24.3 Å². The highest BCUT2D eigenvalue weighted by Crippen LogP contribution is 2.35. The van der Waals surface area contributed by atoms with Gasteiger partial charge in [0.05, 0.1) is 5.57 Å². The summed E-state index contributed by atoms with van der Waals surface area (Å²) in [5.74, 6) is -1.39. The molecule has 0 fully saturated rings. The van der Waals surface area contributed by atoms with Gasteiger partial charge in [-0.15, -0.1) is 0 Å². The molecule has 130 valence electrons. The molecule has 4 nitrogen and oxygen atoms in total. The number of halogens is 2. The fraction of sp³-hybridized carbons (Fsp3) is 0.0500. The Balaban J connectivity index is 1.59. The zero-order valence-corrected chi connectivity index (χ0v) is 13.6. The second-order valence-corrected chi connectivity index (χ2v) is 6.03. The van der Waals surface area contributed by atoms with Crippen LogP contribution in [0.4, 0.5) is 20.2 Å². The lowest BCUT2D eigenvalue weighted by molar-refractivity contribution is -0.110. The van der Waals surface area contributed by atoms with E-state index in [1.54, 1.807) is 18.3 Å². The smallest absolute Gasteiger partial charge is 0.256 e. The Bertz CT molecular complexity index is 990. The number of benzene rings is 2. The topological polar surface area (TPSA) is 56.9 Å². The molecule has 4 rings (SSSR count). The molecule has 0 radical (unpaired) electrons. The first kappa shape index (κ1) is 16.1. The number of carbonyl (C=O) groups excluding carboxylic acids is 1. The predicted molar refractivity (Wildman–Crippen MR) is 97.4 cm³/mol. The standard InChI is InChI=1S/C20H15F2N3O/c21-13-6-12(7-14(22)8-13)11-24-16-3-4-19-17(9-16)18(20(26)25-19)10-15-2-1-5-23-15/h1-10,23-24H,11H2,(H,25,26). The van der Waals surface area contributed by atoms with Gasteiger partial charge in [-0.05, 0) is 54.1 Å². The molecule has 3 aromatic rings. The van der Waals surface area contributed by atoms with Crippen molar-refractivity contribution in [3.8, 4) is 0 Å². The first-order valence-corrected chi connectivity index (χ1v) is 8.08. The summed E-state index contributed by atoms with van der Waals surface area (Å²) in [7, 11) is 0. The van der Waals surface area contributed by atoms with Crippen LogP contribution in [0.5, 0.6) is 0 Å². The highest BCUT2D eigenvalue weighted by Gasteiger charge is 2.24. The van der Waals surface area contributed by atoms with Crippen LogP contribution in [0.25, 0.3) is 11.6 Å². The van der Waals surface area contributed by atoms with Gasteiger partial charge in [0.2, 0.25) is 0 Å². The number of aromatic amines is 1. The molecule has 0 aliphatic carbocycles. The second kappa shape index (κ2) is 6.48. The van der Waals surface area contributed by atoms with Crippen molar-refractivity contribution in [1.82, 2.24) is 4.98 Å². The Morgan fingerprint density at radius 3 is 2.58 bits per heavy atom. The van der Waals surface area contributed by atoms with Gasteiger partial charge in [0.25, 0.3) is 5.91 Å². The van der Waals surface area contributed by atoms with Crippen LogP contribution in [0.3, 0.4) is 0 Å². The van der Waals surface area contributed by atoms with E-state index in [0.717, 1.165) is 28.7 Å². The van der Waals surface area contributed by atoms with Crippen LogP contribution in [0.1, 0.15) is 16.8 Å². The summed E-state index contributed by atoms with van der Waals surface area (Å²) in [5.41, 5.74) is 4.15. The lowest BCUT2D eigenvalue weighted by Gasteiger charge is -2.09. The molecule has 1 aliphatic heterocycles. The van der Waals surface area contributed by atoms with Gasteiger partial charge in [-0.3, -0.25) is 4.79 Å². The normalized spacial score (nSPS) is 14.4. The molecule has 1 amide bonds. The van der Waals surface area contributed by atoms with Crippen molar-refractivity contribution in [2.75, 3.05) is 10.6 Å². The van der Waals surface area contributed by atoms with E-state index in [0.29, 0.717) is 11.1 Å². The number of fused-ring (bicyclic) bond motifs is 1. The largest absolute Gasteiger partial charge is 0.381 e. The number of nitrogens with one attached hydrogen (secondary N) is 3. The van der Waals surface area contributed by atoms with Crippen molar-refractivity contribution >= 4 is 28.9 Å². The minimum absolute atomic E-state index is 0.168. The molecule has 0 atom stereocenters. The third-order valence-electron chi connectivity index (χ3n) is 4.14. The summed E-state index contributed by atoms with van der Waals surface area (Å²) in [4.78, 5) is 15.3. The van der Waals surface area contributed by atoms with Crippen LogP contribution in [0, 0.1) is 11.6 Å². The van der Waals surface area contributed by atoms with Crippen molar-refractivity contribution in [2.45, 2.75) is 6.54 Å². The molecule has 0 bridgehead atoms. The average molecular weight is 351 g/mol. The minimum Gasteiger partial charge on any atom is -0.381 e. The first-order chi connectivity index (χ1) is 12.6. The van der Waals surface area contributed by atoms with Gasteiger partial charge < -0.3 is 15.6 Å². The van der Waals surface area contributed by atoms with Crippen molar-refractivity contribution in [3.05, 3.63) is 83.2 Å². The monoisotopic (exact) mass is 351 g/mol. The highest BCUT2D eigenvalue weighted by molar-refractivity contribution is 6.35. The Morgan fingerprint density at radius 2 is 1.85 bits per heavy atom. The number of carbonyl (C=O) groups is 1. The first-order valence-electron chi connectivity index (χ1n) is 8.08. The van der Waals surface area contributed by atoms with Crippen LogP contribution in [-0.2, 0) is 11.3 Å². The van der Waals surface area contributed by atoms with Gasteiger partial charge in [-0.2, -0.15) is 0 Å². The number of H-pyrrole nitrogens is 1. The maximum atomic E-state index is 13.3.